The van der Waals surface area contributed by atoms with Crippen LogP contribution in [0.1, 0.15) is 22.7 Å². The summed E-state index contributed by atoms with van der Waals surface area (Å²) in [5.74, 6) is -1.68. The summed E-state index contributed by atoms with van der Waals surface area (Å²) in [6, 6.07) is 9.39. The van der Waals surface area contributed by atoms with E-state index in [1.807, 2.05) is 31.2 Å². The minimum absolute atomic E-state index is 0.361. The quantitative estimate of drug-likeness (QED) is 0.894. The number of carbonyl (C=O) groups is 1. The molecule has 1 atom stereocenters. The predicted molar refractivity (Wildman–Crippen MR) is 82.2 cm³/mol. The third-order valence-corrected chi connectivity index (χ3v) is 3.89. The fourth-order valence-electron chi connectivity index (χ4n) is 2.04. The van der Waals surface area contributed by atoms with E-state index in [1.165, 1.54) is 0 Å². The monoisotopic (exact) mass is 353 g/mol. The van der Waals surface area contributed by atoms with Gasteiger partial charge in [-0.3, -0.25) is 9.78 Å². The second-order valence-electron chi connectivity index (χ2n) is 4.54. The summed E-state index contributed by atoms with van der Waals surface area (Å²) in [7, 11) is 0. The number of halogens is 2. The summed E-state index contributed by atoms with van der Waals surface area (Å²) in [5.41, 5.74) is 2.44. The molecule has 5 heteroatoms. The van der Waals surface area contributed by atoms with Crippen LogP contribution in [0.5, 0.6) is 0 Å². The molecule has 1 aromatic heterocycles. The molecule has 1 unspecified atom stereocenters. The van der Waals surface area contributed by atoms with E-state index in [1.54, 1.807) is 12.3 Å². The van der Waals surface area contributed by atoms with E-state index < -0.39 is 11.9 Å². The predicted octanol–water partition coefficient (Wildman–Crippen LogP) is 4.22. The van der Waals surface area contributed by atoms with Gasteiger partial charge in [-0.1, -0.05) is 35.9 Å². The van der Waals surface area contributed by atoms with Crippen LogP contribution in [0.3, 0.4) is 0 Å². The summed E-state index contributed by atoms with van der Waals surface area (Å²) in [5, 5.41) is 9.82. The number of aliphatic carboxylic acids is 1. The van der Waals surface area contributed by atoms with Crippen LogP contribution in [-0.4, -0.2) is 16.1 Å². The van der Waals surface area contributed by atoms with Gasteiger partial charge in [-0.15, -0.1) is 0 Å². The van der Waals surface area contributed by atoms with Crippen molar-refractivity contribution in [3.05, 3.63) is 62.8 Å². The second kappa shape index (κ2) is 6.37. The molecule has 0 aliphatic heterocycles. The molecular formula is C15H13BrClNO2. The van der Waals surface area contributed by atoms with Gasteiger partial charge in [-0.05, 0) is 46.5 Å². The van der Waals surface area contributed by atoms with Crippen molar-refractivity contribution >= 4 is 33.5 Å². The molecule has 3 nitrogen and oxygen atoms in total. The van der Waals surface area contributed by atoms with Crippen LogP contribution < -0.4 is 0 Å². The van der Waals surface area contributed by atoms with Crippen molar-refractivity contribution in [1.29, 1.82) is 0 Å². The van der Waals surface area contributed by atoms with Crippen LogP contribution in [0, 0.1) is 6.92 Å². The number of benzene rings is 1. The van der Waals surface area contributed by atoms with Crippen molar-refractivity contribution in [3.63, 3.8) is 0 Å². The summed E-state index contributed by atoms with van der Waals surface area (Å²) in [6.07, 6.45) is 1.94. The third-order valence-electron chi connectivity index (χ3n) is 3.15. The molecule has 2 aromatic rings. The van der Waals surface area contributed by atoms with Crippen molar-refractivity contribution in [2.75, 3.05) is 0 Å². The zero-order valence-corrected chi connectivity index (χ0v) is 13.1. The average molecular weight is 355 g/mol. The molecule has 0 bridgehead atoms. The summed E-state index contributed by atoms with van der Waals surface area (Å²) >= 11 is 9.39. The second-order valence-corrected chi connectivity index (χ2v) is 5.86. The minimum atomic E-state index is -0.926. The Morgan fingerprint density at radius 1 is 1.45 bits per heavy atom. The first-order chi connectivity index (χ1) is 9.49. The zero-order chi connectivity index (χ0) is 14.7. The molecule has 0 fully saturated rings. The number of aryl methyl sites for hydroxylation is 1. The molecule has 2 rings (SSSR count). The Balaban J connectivity index is 2.37. The molecule has 1 aromatic carbocycles. The van der Waals surface area contributed by atoms with Gasteiger partial charge in [0.2, 0.25) is 0 Å². The largest absolute Gasteiger partial charge is 0.481 e. The maximum atomic E-state index is 11.5. The lowest BCUT2D eigenvalue weighted by atomic mass is 9.93. The van der Waals surface area contributed by atoms with Gasteiger partial charge in [0.1, 0.15) is 5.92 Å². The van der Waals surface area contributed by atoms with Crippen LogP contribution in [0.15, 0.2) is 41.0 Å². The number of carboxylic acids is 1. The van der Waals surface area contributed by atoms with Gasteiger partial charge in [0.05, 0.1) is 10.7 Å². The highest BCUT2D eigenvalue weighted by Gasteiger charge is 2.25. The molecule has 20 heavy (non-hydrogen) atoms. The Morgan fingerprint density at radius 3 is 2.75 bits per heavy atom. The molecule has 1 N–H and O–H groups in total. The molecule has 0 saturated carbocycles. The van der Waals surface area contributed by atoms with Gasteiger partial charge < -0.3 is 5.11 Å². The maximum absolute atomic E-state index is 11.5. The van der Waals surface area contributed by atoms with Crippen molar-refractivity contribution in [1.82, 2.24) is 4.98 Å². The van der Waals surface area contributed by atoms with E-state index in [0.29, 0.717) is 17.1 Å². The highest BCUT2D eigenvalue weighted by molar-refractivity contribution is 9.10. The first kappa shape index (κ1) is 15.0. The summed E-state index contributed by atoms with van der Waals surface area (Å²) in [6.45, 7) is 1.96. The molecular weight excluding hydrogens is 342 g/mol. The van der Waals surface area contributed by atoms with E-state index in [-0.39, 0.29) is 0 Å². The first-order valence-corrected chi connectivity index (χ1v) is 7.24. The fraction of sp³-hybridized carbons (Fsp3) is 0.200. The first-order valence-electron chi connectivity index (χ1n) is 6.07. The van der Waals surface area contributed by atoms with Crippen molar-refractivity contribution in [2.45, 2.75) is 19.3 Å². The zero-order valence-electron chi connectivity index (χ0n) is 10.8. The van der Waals surface area contributed by atoms with E-state index >= 15 is 0 Å². The van der Waals surface area contributed by atoms with Crippen LogP contribution in [0.4, 0.5) is 0 Å². The lowest BCUT2D eigenvalue weighted by Gasteiger charge is -2.15. The van der Waals surface area contributed by atoms with Crippen LogP contribution in [0.25, 0.3) is 0 Å². The maximum Gasteiger partial charge on any atom is 0.312 e. The summed E-state index contributed by atoms with van der Waals surface area (Å²) < 4.78 is 0.728. The van der Waals surface area contributed by atoms with E-state index in [4.69, 9.17) is 11.6 Å². The molecule has 104 valence electrons. The van der Waals surface area contributed by atoms with Gasteiger partial charge in [0, 0.05) is 10.7 Å². The van der Waals surface area contributed by atoms with Gasteiger partial charge in [-0.25, -0.2) is 0 Å². The van der Waals surface area contributed by atoms with Crippen LogP contribution in [-0.2, 0) is 11.2 Å². The number of carboxylic acid groups (broad SMARTS) is 1. The number of aromatic nitrogens is 1. The third kappa shape index (κ3) is 3.38. The molecule has 0 aliphatic carbocycles. The normalized spacial score (nSPS) is 12.2. The minimum Gasteiger partial charge on any atom is -0.481 e. The Morgan fingerprint density at radius 2 is 2.15 bits per heavy atom. The Bertz CT molecular complexity index is 646. The lowest BCUT2D eigenvalue weighted by Crippen LogP contribution is -2.17. The highest BCUT2D eigenvalue weighted by Crippen LogP contribution is 2.29. The summed E-state index contributed by atoms with van der Waals surface area (Å²) in [4.78, 5) is 15.7. The lowest BCUT2D eigenvalue weighted by molar-refractivity contribution is -0.138. The Kier molecular flexibility index (Phi) is 4.78. The average Bonchev–Trinajstić information content (AvgIpc) is 2.38. The fourth-order valence-corrected chi connectivity index (χ4v) is 2.80. The molecule has 0 amide bonds. The molecule has 1 heterocycles. The molecule has 0 saturated heterocycles. The van der Waals surface area contributed by atoms with Gasteiger partial charge in [0.25, 0.3) is 0 Å². The Hall–Kier alpha value is -1.39. The van der Waals surface area contributed by atoms with E-state index in [2.05, 4.69) is 20.9 Å². The van der Waals surface area contributed by atoms with Crippen molar-refractivity contribution < 1.29 is 9.90 Å². The topological polar surface area (TPSA) is 50.2 Å². The number of hydrogen-bond donors (Lipinski definition) is 1. The van der Waals surface area contributed by atoms with Gasteiger partial charge in [-0.2, -0.15) is 0 Å². The SMILES string of the molecule is Cc1ccccc1CC(C(=O)O)c1ncc(Br)cc1Cl. The number of hydrogen-bond acceptors (Lipinski definition) is 2. The smallest absolute Gasteiger partial charge is 0.312 e. The van der Waals surface area contributed by atoms with Crippen molar-refractivity contribution in [2.24, 2.45) is 0 Å². The van der Waals surface area contributed by atoms with Crippen molar-refractivity contribution in [3.8, 4) is 0 Å². The standard InChI is InChI=1S/C15H13BrClNO2/c1-9-4-2-3-5-10(9)6-12(15(19)20)14-13(17)7-11(16)8-18-14/h2-5,7-8,12H,6H2,1H3,(H,19,20). The van der Waals surface area contributed by atoms with Gasteiger partial charge >= 0.3 is 5.97 Å². The van der Waals surface area contributed by atoms with E-state index in [0.717, 1.165) is 15.6 Å². The number of rotatable bonds is 4. The highest BCUT2D eigenvalue weighted by atomic mass is 79.9. The van der Waals surface area contributed by atoms with Gasteiger partial charge in [0.15, 0.2) is 0 Å². The number of pyridine rings is 1. The molecule has 0 spiro atoms. The molecule has 0 radical (unpaired) electrons. The van der Waals surface area contributed by atoms with Crippen LogP contribution in [0.2, 0.25) is 5.02 Å². The molecule has 0 aliphatic rings. The Labute approximate surface area is 130 Å². The van der Waals surface area contributed by atoms with E-state index in [9.17, 15) is 9.90 Å². The van der Waals surface area contributed by atoms with Crippen LogP contribution >= 0.6 is 27.5 Å². The number of nitrogens with zero attached hydrogens (tertiary/aromatic N) is 1.